The van der Waals surface area contributed by atoms with Crippen LogP contribution in [0.4, 0.5) is 11.6 Å². The number of hydrogen-bond acceptors (Lipinski definition) is 5. The number of benzene rings is 1. The van der Waals surface area contributed by atoms with Crippen molar-refractivity contribution in [3.63, 3.8) is 0 Å². The molecule has 0 amide bonds. The Morgan fingerprint density at radius 2 is 1.79 bits per heavy atom. The van der Waals surface area contributed by atoms with E-state index in [0.717, 1.165) is 16.6 Å². The SMILES string of the molecule is Nc1cc2ccc(-c3cccc(O)c3)nc2c(N)n1. The molecule has 0 bridgehead atoms. The molecule has 5 N–H and O–H groups in total. The highest BCUT2D eigenvalue weighted by Crippen LogP contribution is 2.26. The van der Waals surface area contributed by atoms with Gasteiger partial charge >= 0.3 is 0 Å². The summed E-state index contributed by atoms with van der Waals surface area (Å²) in [6.45, 7) is 0. The summed E-state index contributed by atoms with van der Waals surface area (Å²) in [4.78, 5) is 8.47. The van der Waals surface area contributed by atoms with Gasteiger partial charge in [0, 0.05) is 10.9 Å². The van der Waals surface area contributed by atoms with E-state index in [2.05, 4.69) is 9.97 Å². The predicted octanol–water partition coefficient (Wildman–Crippen LogP) is 2.17. The van der Waals surface area contributed by atoms with Crippen LogP contribution in [-0.2, 0) is 0 Å². The molecular weight excluding hydrogens is 240 g/mol. The van der Waals surface area contributed by atoms with Crippen LogP contribution in [0.1, 0.15) is 0 Å². The first kappa shape index (κ1) is 11.3. The van der Waals surface area contributed by atoms with Crippen molar-refractivity contribution >= 4 is 22.5 Å². The molecule has 0 fully saturated rings. The maximum Gasteiger partial charge on any atom is 0.152 e. The standard InChI is InChI=1S/C14H12N4O/c15-12-7-9-4-5-11(17-13(9)14(16)18-12)8-2-1-3-10(19)6-8/h1-7,19H,(H4,15,16,18). The van der Waals surface area contributed by atoms with Gasteiger partial charge in [-0.3, -0.25) is 0 Å². The number of nitrogen functional groups attached to an aromatic ring is 2. The molecule has 2 heterocycles. The van der Waals surface area contributed by atoms with Crippen LogP contribution in [0.3, 0.4) is 0 Å². The lowest BCUT2D eigenvalue weighted by Crippen LogP contribution is -1.99. The number of rotatable bonds is 1. The van der Waals surface area contributed by atoms with Crippen LogP contribution in [0.25, 0.3) is 22.2 Å². The third-order valence-electron chi connectivity index (χ3n) is 2.86. The van der Waals surface area contributed by atoms with Gasteiger partial charge in [-0.15, -0.1) is 0 Å². The molecule has 0 aliphatic heterocycles. The van der Waals surface area contributed by atoms with Crippen LogP contribution in [0, 0.1) is 0 Å². The second-order valence-corrected chi connectivity index (χ2v) is 4.25. The zero-order valence-corrected chi connectivity index (χ0v) is 10.0. The largest absolute Gasteiger partial charge is 0.508 e. The zero-order chi connectivity index (χ0) is 13.4. The van der Waals surface area contributed by atoms with Crippen molar-refractivity contribution in [2.24, 2.45) is 0 Å². The van der Waals surface area contributed by atoms with Gasteiger partial charge in [0.1, 0.15) is 17.1 Å². The van der Waals surface area contributed by atoms with Gasteiger partial charge < -0.3 is 16.6 Å². The van der Waals surface area contributed by atoms with E-state index >= 15 is 0 Å². The second-order valence-electron chi connectivity index (χ2n) is 4.25. The first-order valence-electron chi connectivity index (χ1n) is 5.75. The van der Waals surface area contributed by atoms with Crippen molar-refractivity contribution in [2.75, 3.05) is 11.5 Å². The number of nitrogens with two attached hydrogens (primary N) is 2. The van der Waals surface area contributed by atoms with E-state index in [1.807, 2.05) is 18.2 Å². The van der Waals surface area contributed by atoms with Crippen molar-refractivity contribution in [1.29, 1.82) is 0 Å². The first-order valence-corrected chi connectivity index (χ1v) is 5.75. The van der Waals surface area contributed by atoms with Crippen LogP contribution in [0.2, 0.25) is 0 Å². The third-order valence-corrected chi connectivity index (χ3v) is 2.86. The Bertz CT molecular complexity index is 770. The molecule has 2 aromatic heterocycles. The monoisotopic (exact) mass is 252 g/mol. The lowest BCUT2D eigenvalue weighted by atomic mass is 10.1. The minimum Gasteiger partial charge on any atom is -0.508 e. The molecule has 0 aliphatic carbocycles. The molecule has 0 radical (unpaired) electrons. The summed E-state index contributed by atoms with van der Waals surface area (Å²) in [5.74, 6) is 0.872. The van der Waals surface area contributed by atoms with Gasteiger partial charge in [-0.1, -0.05) is 18.2 Å². The van der Waals surface area contributed by atoms with E-state index in [4.69, 9.17) is 11.5 Å². The van der Waals surface area contributed by atoms with E-state index < -0.39 is 0 Å². The maximum absolute atomic E-state index is 9.50. The molecule has 5 nitrogen and oxygen atoms in total. The van der Waals surface area contributed by atoms with Crippen molar-refractivity contribution in [2.45, 2.75) is 0 Å². The fourth-order valence-electron chi connectivity index (χ4n) is 2.00. The Morgan fingerprint density at radius 1 is 0.947 bits per heavy atom. The minimum atomic E-state index is 0.197. The van der Waals surface area contributed by atoms with E-state index in [0.29, 0.717) is 17.2 Å². The third kappa shape index (κ3) is 2.01. The van der Waals surface area contributed by atoms with Crippen LogP contribution in [0.5, 0.6) is 5.75 Å². The number of pyridine rings is 2. The molecule has 0 aliphatic rings. The quantitative estimate of drug-likeness (QED) is 0.616. The maximum atomic E-state index is 9.50. The normalized spacial score (nSPS) is 10.7. The van der Waals surface area contributed by atoms with Crippen LogP contribution < -0.4 is 11.5 Å². The summed E-state index contributed by atoms with van der Waals surface area (Å²) in [6, 6.07) is 12.4. The molecule has 1 aromatic carbocycles. The van der Waals surface area contributed by atoms with E-state index in [9.17, 15) is 5.11 Å². The summed E-state index contributed by atoms with van der Waals surface area (Å²) in [7, 11) is 0. The van der Waals surface area contributed by atoms with Gasteiger partial charge in [-0.25, -0.2) is 9.97 Å². The number of hydrogen-bond donors (Lipinski definition) is 3. The number of phenols is 1. The van der Waals surface area contributed by atoms with Crippen molar-refractivity contribution < 1.29 is 5.11 Å². The molecule has 19 heavy (non-hydrogen) atoms. The molecule has 3 rings (SSSR count). The fraction of sp³-hybridized carbons (Fsp3) is 0. The van der Waals surface area contributed by atoms with Crippen LogP contribution >= 0.6 is 0 Å². The number of aromatic nitrogens is 2. The average Bonchev–Trinajstić information content (AvgIpc) is 2.38. The van der Waals surface area contributed by atoms with E-state index in [-0.39, 0.29) is 5.75 Å². The highest BCUT2D eigenvalue weighted by molar-refractivity contribution is 5.90. The number of anilines is 2. The lowest BCUT2D eigenvalue weighted by molar-refractivity contribution is 0.475. The number of fused-ring (bicyclic) bond motifs is 1. The summed E-state index contributed by atoms with van der Waals surface area (Å²) in [5, 5.41) is 10.3. The molecular formula is C14H12N4O. The Hall–Kier alpha value is -2.82. The Labute approximate surface area is 109 Å². The summed E-state index contributed by atoms with van der Waals surface area (Å²) in [6.07, 6.45) is 0. The van der Waals surface area contributed by atoms with Gasteiger partial charge in [0.15, 0.2) is 5.82 Å². The molecule has 0 spiro atoms. The number of nitrogens with zero attached hydrogens (tertiary/aromatic N) is 2. The molecule has 3 aromatic rings. The first-order chi connectivity index (χ1) is 9.13. The van der Waals surface area contributed by atoms with Gasteiger partial charge in [-0.2, -0.15) is 0 Å². The Kier molecular flexibility index (Phi) is 2.45. The second kappa shape index (κ2) is 4.13. The topological polar surface area (TPSA) is 98.0 Å². The van der Waals surface area contributed by atoms with Gasteiger partial charge in [0.2, 0.25) is 0 Å². The molecule has 94 valence electrons. The number of aromatic hydroxyl groups is 1. The highest BCUT2D eigenvalue weighted by Gasteiger charge is 2.06. The minimum absolute atomic E-state index is 0.197. The highest BCUT2D eigenvalue weighted by atomic mass is 16.3. The van der Waals surface area contributed by atoms with Crippen molar-refractivity contribution in [3.8, 4) is 17.0 Å². The molecule has 0 atom stereocenters. The zero-order valence-electron chi connectivity index (χ0n) is 10.0. The summed E-state index contributed by atoms with van der Waals surface area (Å²) < 4.78 is 0. The Balaban J connectivity index is 2.22. The lowest BCUT2D eigenvalue weighted by Gasteiger charge is -2.06. The average molecular weight is 252 g/mol. The van der Waals surface area contributed by atoms with Gasteiger partial charge in [0.25, 0.3) is 0 Å². The van der Waals surface area contributed by atoms with Gasteiger partial charge in [-0.05, 0) is 24.3 Å². The molecule has 0 saturated carbocycles. The predicted molar refractivity (Wildman–Crippen MR) is 75.5 cm³/mol. The number of phenolic OH excluding ortho intramolecular Hbond substituents is 1. The Morgan fingerprint density at radius 3 is 2.58 bits per heavy atom. The molecule has 5 heteroatoms. The van der Waals surface area contributed by atoms with Gasteiger partial charge in [0.05, 0.1) is 5.69 Å². The summed E-state index contributed by atoms with van der Waals surface area (Å²) in [5.41, 5.74) is 13.6. The summed E-state index contributed by atoms with van der Waals surface area (Å²) >= 11 is 0. The van der Waals surface area contributed by atoms with Crippen molar-refractivity contribution in [3.05, 3.63) is 42.5 Å². The van der Waals surface area contributed by atoms with E-state index in [1.54, 1.807) is 24.3 Å². The molecule has 0 saturated heterocycles. The fourth-order valence-corrected chi connectivity index (χ4v) is 2.00. The van der Waals surface area contributed by atoms with Crippen LogP contribution in [-0.4, -0.2) is 15.1 Å². The van der Waals surface area contributed by atoms with Crippen molar-refractivity contribution in [1.82, 2.24) is 9.97 Å². The smallest absolute Gasteiger partial charge is 0.152 e. The van der Waals surface area contributed by atoms with Crippen LogP contribution in [0.15, 0.2) is 42.5 Å². The molecule has 0 unspecified atom stereocenters. The van der Waals surface area contributed by atoms with E-state index in [1.165, 1.54) is 0 Å².